The minimum absolute atomic E-state index is 0.801. The average Bonchev–Trinajstić information content (AvgIpc) is 2.94. The highest BCUT2D eigenvalue weighted by atomic mass is 15.2. The molecule has 2 aliphatic rings. The fraction of sp³-hybridized carbons (Fsp3) is 0.706. The van der Waals surface area contributed by atoms with Gasteiger partial charge in [-0.05, 0) is 69.4 Å². The van der Waals surface area contributed by atoms with E-state index in [4.69, 9.17) is 0 Å². The quantitative estimate of drug-likeness (QED) is 0.822. The summed E-state index contributed by atoms with van der Waals surface area (Å²) in [5, 5.41) is 0. The highest BCUT2D eigenvalue weighted by Gasteiger charge is 2.26. The molecule has 2 saturated heterocycles. The lowest BCUT2D eigenvalue weighted by atomic mass is 10.1. The maximum Gasteiger partial charge on any atom is 0.0270 e. The molecule has 2 aliphatic heterocycles. The minimum Gasteiger partial charge on any atom is -0.302 e. The standard InChI is InChI=1S/C17H27N3/c1-2-11-19(12-3-1)15-17-5-4-13-20(17)14-8-16-6-9-18-10-7-16/h6-7,9-10,17H,1-5,8,11-15H2/t17-/m0/s1. The average molecular weight is 273 g/mol. The predicted molar refractivity (Wildman–Crippen MR) is 82.8 cm³/mol. The SMILES string of the molecule is c1cc(CCN2CCC[C@H]2CN2CCCCC2)ccn1. The van der Waals surface area contributed by atoms with E-state index in [9.17, 15) is 0 Å². The van der Waals surface area contributed by atoms with Gasteiger partial charge in [-0.15, -0.1) is 0 Å². The van der Waals surface area contributed by atoms with Crippen LogP contribution in [0, 0.1) is 0 Å². The van der Waals surface area contributed by atoms with E-state index in [1.165, 1.54) is 76.8 Å². The summed E-state index contributed by atoms with van der Waals surface area (Å²) in [6.07, 6.45) is 12.0. The van der Waals surface area contributed by atoms with E-state index < -0.39 is 0 Å². The third-order valence-electron chi connectivity index (χ3n) is 4.85. The van der Waals surface area contributed by atoms with Crippen molar-refractivity contribution >= 4 is 0 Å². The van der Waals surface area contributed by atoms with Crippen LogP contribution in [0.5, 0.6) is 0 Å². The summed E-state index contributed by atoms with van der Waals surface area (Å²) in [6.45, 7) is 6.46. The molecule has 3 nitrogen and oxygen atoms in total. The van der Waals surface area contributed by atoms with Gasteiger partial charge in [-0.25, -0.2) is 0 Å². The zero-order valence-electron chi connectivity index (χ0n) is 12.5. The number of hydrogen-bond acceptors (Lipinski definition) is 3. The van der Waals surface area contributed by atoms with Gasteiger partial charge in [0.2, 0.25) is 0 Å². The third kappa shape index (κ3) is 3.80. The van der Waals surface area contributed by atoms with Gasteiger partial charge in [0, 0.05) is 31.5 Å². The molecule has 20 heavy (non-hydrogen) atoms. The summed E-state index contributed by atoms with van der Waals surface area (Å²) in [5.41, 5.74) is 1.42. The Morgan fingerprint density at radius 2 is 1.80 bits per heavy atom. The Labute approximate surface area is 123 Å². The zero-order valence-corrected chi connectivity index (χ0v) is 12.5. The smallest absolute Gasteiger partial charge is 0.0270 e. The molecular weight excluding hydrogens is 246 g/mol. The lowest BCUT2D eigenvalue weighted by Crippen LogP contribution is -2.43. The normalized spacial score (nSPS) is 25.1. The van der Waals surface area contributed by atoms with Gasteiger partial charge >= 0.3 is 0 Å². The molecule has 3 rings (SSSR count). The summed E-state index contributed by atoms with van der Waals surface area (Å²) in [6, 6.07) is 5.10. The number of hydrogen-bond donors (Lipinski definition) is 0. The second-order valence-electron chi connectivity index (χ2n) is 6.30. The fourth-order valence-corrected chi connectivity index (χ4v) is 3.66. The molecule has 0 bridgehead atoms. The summed E-state index contributed by atoms with van der Waals surface area (Å²) in [5.74, 6) is 0. The maximum atomic E-state index is 4.10. The highest BCUT2D eigenvalue weighted by molar-refractivity contribution is 5.10. The highest BCUT2D eigenvalue weighted by Crippen LogP contribution is 2.20. The molecule has 110 valence electrons. The predicted octanol–water partition coefficient (Wildman–Crippen LogP) is 2.57. The van der Waals surface area contributed by atoms with Gasteiger partial charge in [-0.1, -0.05) is 6.42 Å². The van der Waals surface area contributed by atoms with Gasteiger partial charge in [0.1, 0.15) is 0 Å². The van der Waals surface area contributed by atoms with Crippen LogP contribution in [-0.2, 0) is 6.42 Å². The van der Waals surface area contributed by atoms with Crippen LogP contribution in [0.2, 0.25) is 0 Å². The van der Waals surface area contributed by atoms with Gasteiger partial charge in [0.05, 0.1) is 0 Å². The van der Waals surface area contributed by atoms with Crippen molar-refractivity contribution in [2.24, 2.45) is 0 Å². The summed E-state index contributed by atoms with van der Waals surface area (Å²) < 4.78 is 0. The topological polar surface area (TPSA) is 19.4 Å². The van der Waals surface area contributed by atoms with Crippen molar-refractivity contribution < 1.29 is 0 Å². The van der Waals surface area contributed by atoms with Gasteiger partial charge in [-0.3, -0.25) is 9.88 Å². The molecule has 0 aliphatic carbocycles. The molecule has 3 heteroatoms. The molecule has 1 aromatic heterocycles. The van der Waals surface area contributed by atoms with Crippen molar-refractivity contribution in [3.8, 4) is 0 Å². The first-order chi connectivity index (χ1) is 9.92. The molecular formula is C17H27N3. The van der Waals surface area contributed by atoms with Crippen molar-refractivity contribution in [3.05, 3.63) is 30.1 Å². The van der Waals surface area contributed by atoms with Crippen molar-refractivity contribution in [3.63, 3.8) is 0 Å². The van der Waals surface area contributed by atoms with Crippen LogP contribution in [0.1, 0.15) is 37.7 Å². The molecule has 0 spiro atoms. The Bertz CT molecular complexity index is 386. The molecule has 0 radical (unpaired) electrons. The van der Waals surface area contributed by atoms with Crippen molar-refractivity contribution in [1.29, 1.82) is 0 Å². The largest absolute Gasteiger partial charge is 0.302 e. The number of nitrogens with zero attached hydrogens (tertiary/aromatic N) is 3. The van der Waals surface area contributed by atoms with Crippen LogP contribution in [0.25, 0.3) is 0 Å². The van der Waals surface area contributed by atoms with Crippen molar-refractivity contribution in [2.45, 2.75) is 44.6 Å². The molecule has 3 heterocycles. The van der Waals surface area contributed by atoms with E-state index in [0.717, 1.165) is 6.04 Å². The lowest BCUT2D eigenvalue weighted by Gasteiger charge is -2.33. The first-order valence-electron chi connectivity index (χ1n) is 8.27. The Morgan fingerprint density at radius 1 is 1.00 bits per heavy atom. The summed E-state index contributed by atoms with van der Waals surface area (Å²) in [4.78, 5) is 9.51. The van der Waals surface area contributed by atoms with Crippen LogP contribution in [0.3, 0.4) is 0 Å². The van der Waals surface area contributed by atoms with Gasteiger partial charge in [-0.2, -0.15) is 0 Å². The second kappa shape index (κ2) is 7.19. The van der Waals surface area contributed by atoms with Gasteiger partial charge in [0.25, 0.3) is 0 Å². The van der Waals surface area contributed by atoms with E-state index in [0.29, 0.717) is 0 Å². The number of rotatable bonds is 5. The van der Waals surface area contributed by atoms with E-state index in [1.54, 1.807) is 0 Å². The molecule has 0 saturated carbocycles. The van der Waals surface area contributed by atoms with Gasteiger partial charge < -0.3 is 4.90 Å². The monoisotopic (exact) mass is 273 g/mol. The second-order valence-corrected chi connectivity index (χ2v) is 6.30. The Kier molecular flexibility index (Phi) is 5.04. The summed E-state index contributed by atoms with van der Waals surface area (Å²) >= 11 is 0. The molecule has 0 amide bonds. The molecule has 0 unspecified atom stereocenters. The first-order valence-corrected chi connectivity index (χ1v) is 8.27. The van der Waals surface area contributed by atoms with E-state index in [-0.39, 0.29) is 0 Å². The molecule has 0 N–H and O–H groups in total. The van der Waals surface area contributed by atoms with E-state index >= 15 is 0 Å². The van der Waals surface area contributed by atoms with E-state index in [1.807, 2.05) is 12.4 Å². The number of aromatic nitrogens is 1. The van der Waals surface area contributed by atoms with Crippen molar-refractivity contribution in [1.82, 2.24) is 14.8 Å². The Morgan fingerprint density at radius 3 is 2.60 bits per heavy atom. The number of pyridine rings is 1. The fourth-order valence-electron chi connectivity index (χ4n) is 3.66. The molecule has 0 aromatic carbocycles. The van der Waals surface area contributed by atoms with Crippen LogP contribution >= 0.6 is 0 Å². The number of piperidine rings is 1. The van der Waals surface area contributed by atoms with Crippen LogP contribution < -0.4 is 0 Å². The summed E-state index contributed by atoms with van der Waals surface area (Å²) in [7, 11) is 0. The van der Waals surface area contributed by atoms with Gasteiger partial charge in [0.15, 0.2) is 0 Å². The lowest BCUT2D eigenvalue weighted by molar-refractivity contribution is 0.154. The van der Waals surface area contributed by atoms with Crippen molar-refractivity contribution in [2.75, 3.05) is 32.7 Å². The molecule has 1 atom stereocenters. The third-order valence-corrected chi connectivity index (χ3v) is 4.85. The first kappa shape index (κ1) is 14.0. The van der Waals surface area contributed by atoms with Crippen LogP contribution in [-0.4, -0.2) is 53.5 Å². The maximum absolute atomic E-state index is 4.10. The zero-order chi connectivity index (χ0) is 13.6. The van der Waals surface area contributed by atoms with Crippen LogP contribution in [0.15, 0.2) is 24.5 Å². The Hall–Kier alpha value is -0.930. The Balaban J connectivity index is 1.47. The van der Waals surface area contributed by atoms with E-state index in [2.05, 4.69) is 26.9 Å². The minimum atomic E-state index is 0.801. The van der Waals surface area contributed by atoms with Crippen LogP contribution in [0.4, 0.5) is 0 Å². The number of likely N-dealkylation sites (tertiary alicyclic amines) is 2. The molecule has 1 aromatic rings. The molecule has 2 fully saturated rings.